The number of piperazine rings is 1. The molecule has 0 aromatic heterocycles. The van der Waals surface area contributed by atoms with Crippen LogP contribution in [0.5, 0.6) is 0 Å². The number of hydrazine groups is 1. The van der Waals surface area contributed by atoms with Crippen molar-refractivity contribution in [3.63, 3.8) is 0 Å². The standard InChI is InChI=1S/C26H25F2N5O3/c1-14-12-32(13-24(34)33(14)19-6-5-18(11-29)22(28)10-19)26(36)20-8-17(4-7-21(20)27)9-23-15(2)16(3)25(35)31-30-23/h4-8,10,14,16,30H,9,12-13H2,1-3H3,(H,31,35)/t14-,16?/m0/s1. The smallest absolute Gasteiger partial charge is 0.257 e. The average molecular weight is 494 g/mol. The zero-order valence-electron chi connectivity index (χ0n) is 20.1. The van der Waals surface area contributed by atoms with E-state index in [4.69, 9.17) is 5.26 Å². The quantitative estimate of drug-likeness (QED) is 0.682. The lowest BCUT2D eigenvalue weighted by molar-refractivity contribution is -0.125. The van der Waals surface area contributed by atoms with Gasteiger partial charge in [-0.25, -0.2) is 8.78 Å². The number of hydrogen-bond donors (Lipinski definition) is 2. The number of carbonyl (C=O) groups excluding carboxylic acids is 3. The van der Waals surface area contributed by atoms with Crippen LogP contribution in [0.15, 0.2) is 47.7 Å². The summed E-state index contributed by atoms with van der Waals surface area (Å²) in [6.45, 7) is 5.15. The highest BCUT2D eigenvalue weighted by atomic mass is 19.1. The lowest BCUT2D eigenvalue weighted by Crippen LogP contribution is -2.57. The van der Waals surface area contributed by atoms with E-state index in [-0.39, 0.29) is 41.7 Å². The first-order valence-electron chi connectivity index (χ1n) is 11.5. The predicted octanol–water partition coefficient (Wildman–Crippen LogP) is 2.80. The predicted molar refractivity (Wildman–Crippen MR) is 127 cm³/mol. The van der Waals surface area contributed by atoms with Crippen LogP contribution in [0.1, 0.15) is 42.3 Å². The molecule has 10 heteroatoms. The molecule has 2 aliphatic heterocycles. The van der Waals surface area contributed by atoms with Gasteiger partial charge in [0.1, 0.15) is 24.2 Å². The van der Waals surface area contributed by atoms with Crippen LogP contribution in [0.3, 0.4) is 0 Å². The molecule has 1 saturated heterocycles. The van der Waals surface area contributed by atoms with E-state index >= 15 is 0 Å². The molecule has 186 valence electrons. The molecule has 4 rings (SSSR count). The molecule has 2 atom stereocenters. The van der Waals surface area contributed by atoms with Crippen molar-refractivity contribution in [2.24, 2.45) is 5.92 Å². The number of anilines is 1. The highest BCUT2D eigenvalue weighted by Crippen LogP contribution is 2.26. The van der Waals surface area contributed by atoms with Crippen LogP contribution in [0, 0.1) is 28.9 Å². The Hall–Kier alpha value is -4.26. The van der Waals surface area contributed by atoms with Crippen LogP contribution < -0.4 is 15.8 Å². The zero-order chi connectivity index (χ0) is 26.1. The second-order valence-electron chi connectivity index (χ2n) is 9.06. The molecule has 1 fully saturated rings. The van der Waals surface area contributed by atoms with Gasteiger partial charge in [0.25, 0.3) is 5.91 Å². The van der Waals surface area contributed by atoms with Gasteiger partial charge in [0, 0.05) is 24.4 Å². The third-order valence-corrected chi connectivity index (χ3v) is 6.66. The van der Waals surface area contributed by atoms with Crippen molar-refractivity contribution in [1.82, 2.24) is 15.8 Å². The molecular weight excluding hydrogens is 468 g/mol. The number of amides is 3. The van der Waals surface area contributed by atoms with Gasteiger partial charge < -0.3 is 15.2 Å². The van der Waals surface area contributed by atoms with Crippen LogP contribution in [0.4, 0.5) is 14.5 Å². The van der Waals surface area contributed by atoms with E-state index in [0.29, 0.717) is 12.0 Å². The minimum atomic E-state index is -0.737. The molecule has 0 bridgehead atoms. The molecule has 8 nitrogen and oxygen atoms in total. The molecule has 2 heterocycles. The van der Waals surface area contributed by atoms with E-state index in [9.17, 15) is 23.2 Å². The fraction of sp³-hybridized carbons (Fsp3) is 0.308. The van der Waals surface area contributed by atoms with E-state index in [0.717, 1.165) is 17.3 Å². The lowest BCUT2D eigenvalue weighted by atomic mass is 9.95. The Labute approximate surface area is 207 Å². The summed E-state index contributed by atoms with van der Waals surface area (Å²) in [7, 11) is 0. The third-order valence-electron chi connectivity index (χ3n) is 6.66. The number of hydrogen-bond acceptors (Lipinski definition) is 5. The molecule has 2 N–H and O–H groups in total. The summed E-state index contributed by atoms with van der Waals surface area (Å²) in [6.07, 6.45) is 0.352. The monoisotopic (exact) mass is 493 g/mol. The number of carbonyl (C=O) groups is 3. The second-order valence-corrected chi connectivity index (χ2v) is 9.06. The van der Waals surface area contributed by atoms with Gasteiger partial charge in [0.2, 0.25) is 11.8 Å². The Bertz CT molecular complexity index is 1330. The highest BCUT2D eigenvalue weighted by Gasteiger charge is 2.35. The summed E-state index contributed by atoms with van der Waals surface area (Å²) in [6, 6.07) is 9.37. The minimum Gasteiger partial charge on any atom is -0.327 e. The first-order valence-corrected chi connectivity index (χ1v) is 11.5. The maximum absolute atomic E-state index is 14.7. The maximum atomic E-state index is 14.7. The Morgan fingerprint density at radius 2 is 1.86 bits per heavy atom. The van der Waals surface area contributed by atoms with Crippen molar-refractivity contribution in [2.45, 2.75) is 33.2 Å². The van der Waals surface area contributed by atoms with Crippen LogP contribution in [-0.2, 0) is 16.0 Å². The number of rotatable bonds is 4. The van der Waals surface area contributed by atoms with Gasteiger partial charge in [-0.15, -0.1) is 0 Å². The van der Waals surface area contributed by atoms with Crippen LogP contribution in [-0.4, -0.2) is 41.8 Å². The van der Waals surface area contributed by atoms with Gasteiger partial charge in [-0.05, 0) is 62.2 Å². The Morgan fingerprint density at radius 1 is 1.11 bits per heavy atom. The molecule has 2 aromatic rings. The van der Waals surface area contributed by atoms with Gasteiger partial charge >= 0.3 is 0 Å². The fourth-order valence-electron chi connectivity index (χ4n) is 4.45. The number of nitrogens with one attached hydrogen (secondary N) is 2. The number of benzene rings is 2. The molecule has 3 amide bonds. The first kappa shape index (κ1) is 24.9. The van der Waals surface area contributed by atoms with E-state index < -0.39 is 29.5 Å². The van der Waals surface area contributed by atoms with E-state index in [1.54, 1.807) is 26.0 Å². The van der Waals surface area contributed by atoms with Gasteiger partial charge in [-0.2, -0.15) is 5.26 Å². The normalized spacial score (nSPS) is 20.1. The highest BCUT2D eigenvalue weighted by molar-refractivity contribution is 6.02. The summed E-state index contributed by atoms with van der Waals surface area (Å²) < 4.78 is 28.8. The molecule has 0 spiro atoms. The Balaban J connectivity index is 1.53. The van der Waals surface area contributed by atoms with Gasteiger partial charge in [-0.1, -0.05) is 6.07 Å². The zero-order valence-corrected chi connectivity index (χ0v) is 20.1. The van der Waals surface area contributed by atoms with Crippen molar-refractivity contribution in [3.05, 3.63) is 76.0 Å². The molecule has 0 aliphatic carbocycles. The summed E-state index contributed by atoms with van der Waals surface area (Å²) in [5.74, 6) is -2.96. The average Bonchev–Trinajstić information content (AvgIpc) is 2.84. The first-order chi connectivity index (χ1) is 17.1. The summed E-state index contributed by atoms with van der Waals surface area (Å²) in [4.78, 5) is 40.6. The molecule has 0 radical (unpaired) electrons. The number of allylic oxidation sites excluding steroid dienone is 1. The Morgan fingerprint density at radius 3 is 2.53 bits per heavy atom. The lowest BCUT2D eigenvalue weighted by Gasteiger charge is -2.39. The van der Waals surface area contributed by atoms with Crippen LogP contribution in [0.25, 0.3) is 0 Å². The van der Waals surface area contributed by atoms with E-state index in [1.165, 1.54) is 34.1 Å². The molecule has 0 saturated carbocycles. The topological polar surface area (TPSA) is 106 Å². The van der Waals surface area contributed by atoms with Crippen molar-refractivity contribution in [1.29, 1.82) is 5.26 Å². The van der Waals surface area contributed by atoms with Gasteiger partial charge in [0.15, 0.2) is 0 Å². The molecule has 36 heavy (non-hydrogen) atoms. The van der Waals surface area contributed by atoms with Crippen molar-refractivity contribution in [2.75, 3.05) is 18.0 Å². The fourth-order valence-corrected chi connectivity index (χ4v) is 4.45. The SMILES string of the molecule is CC1=C(Cc2ccc(F)c(C(=O)N3CC(=O)N(c4ccc(C#N)c(F)c4)[C@@H](C)C3)c2)NNC(=O)C1C. The molecule has 2 aromatic carbocycles. The van der Waals surface area contributed by atoms with Crippen molar-refractivity contribution >= 4 is 23.4 Å². The van der Waals surface area contributed by atoms with Crippen molar-refractivity contribution < 1.29 is 23.2 Å². The third kappa shape index (κ3) is 4.64. The molecule has 1 unspecified atom stereocenters. The number of nitriles is 1. The molecule has 2 aliphatic rings. The van der Waals surface area contributed by atoms with Gasteiger partial charge in [-0.3, -0.25) is 19.8 Å². The maximum Gasteiger partial charge on any atom is 0.257 e. The van der Waals surface area contributed by atoms with Gasteiger partial charge in [0.05, 0.1) is 23.1 Å². The number of nitrogens with zero attached hydrogens (tertiary/aromatic N) is 3. The second kappa shape index (κ2) is 9.77. The summed E-state index contributed by atoms with van der Waals surface area (Å²) in [5, 5.41) is 8.93. The van der Waals surface area contributed by atoms with Crippen LogP contribution in [0.2, 0.25) is 0 Å². The number of halogens is 2. The van der Waals surface area contributed by atoms with Crippen molar-refractivity contribution in [3.8, 4) is 6.07 Å². The largest absolute Gasteiger partial charge is 0.327 e. The van der Waals surface area contributed by atoms with E-state index in [1.807, 2.05) is 6.92 Å². The molecular formula is C26H25F2N5O3. The Kier molecular flexibility index (Phi) is 6.75. The summed E-state index contributed by atoms with van der Waals surface area (Å²) >= 11 is 0. The van der Waals surface area contributed by atoms with E-state index in [2.05, 4.69) is 10.9 Å². The van der Waals surface area contributed by atoms with Crippen LogP contribution >= 0.6 is 0 Å². The minimum absolute atomic E-state index is 0.116. The summed E-state index contributed by atoms with van der Waals surface area (Å²) in [5.41, 5.74) is 7.73.